The summed E-state index contributed by atoms with van der Waals surface area (Å²) in [5.74, 6) is 1.32. The Morgan fingerprint density at radius 3 is 2.52 bits per heavy atom. The number of nitrogens with one attached hydrogen (secondary N) is 1. The number of hydrogen-bond acceptors (Lipinski definition) is 6. The molecule has 27 heavy (non-hydrogen) atoms. The molecule has 0 saturated carbocycles. The second kappa shape index (κ2) is 8.18. The van der Waals surface area contributed by atoms with Crippen molar-refractivity contribution in [3.8, 4) is 11.5 Å². The minimum Gasteiger partial charge on any atom is -0.497 e. The Bertz CT molecular complexity index is 932. The van der Waals surface area contributed by atoms with Crippen LogP contribution in [0.2, 0.25) is 0 Å². The normalized spacial score (nSPS) is 10.2. The zero-order valence-electron chi connectivity index (χ0n) is 15.3. The number of ether oxygens (including phenoxy) is 2. The molecule has 0 fully saturated rings. The summed E-state index contributed by atoms with van der Waals surface area (Å²) in [4.78, 5) is 22.8. The highest BCUT2D eigenvalue weighted by atomic mass is 16.5. The van der Waals surface area contributed by atoms with E-state index in [1.807, 2.05) is 30.3 Å². The Morgan fingerprint density at radius 2 is 1.81 bits per heavy atom. The van der Waals surface area contributed by atoms with Crippen molar-refractivity contribution < 1.29 is 14.3 Å². The van der Waals surface area contributed by atoms with Crippen LogP contribution in [0.3, 0.4) is 0 Å². The van der Waals surface area contributed by atoms with E-state index in [0.29, 0.717) is 17.2 Å². The fourth-order valence-corrected chi connectivity index (χ4v) is 2.51. The van der Waals surface area contributed by atoms with Crippen molar-refractivity contribution in [1.29, 1.82) is 0 Å². The molecule has 0 aliphatic heterocycles. The first-order chi connectivity index (χ1) is 13.1. The topological polar surface area (TPSA) is 76.6 Å². The van der Waals surface area contributed by atoms with E-state index in [1.165, 1.54) is 11.1 Å². The van der Waals surface area contributed by atoms with Gasteiger partial charge in [-0.3, -0.25) is 4.79 Å². The molecule has 0 saturated heterocycles. The quantitative estimate of drug-likeness (QED) is 0.721. The van der Waals surface area contributed by atoms with Crippen LogP contribution < -0.4 is 19.7 Å². The predicted octanol–water partition coefficient (Wildman–Crippen LogP) is 3.51. The number of anilines is 3. The summed E-state index contributed by atoms with van der Waals surface area (Å²) in [7, 11) is 4.86. The maximum atomic E-state index is 12.7. The summed E-state index contributed by atoms with van der Waals surface area (Å²) >= 11 is 0. The lowest BCUT2D eigenvalue weighted by Crippen LogP contribution is -2.27. The summed E-state index contributed by atoms with van der Waals surface area (Å²) in [6.07, 6.45) is 1.54. The predicted molar refractivity (Wildman–Crippen MR) is 104 cm³/mol. The average molecular weight is 364 g/mol. The molecule has 0 spiro atoms. The molecule has 138 valence electrons. The molecule has 2 aromatic carbocycles. The molecule has 0 radical (unpaired) electrons. The molecule has 1 amide bonds. The van der Waals surface area contributed by atoms with Gasteiger partial charge in [-0.05, 0) is 30.3 Å². The summed E-state index contributed by atoms with van der Waals surface area (Å²) < 4.78 is 10.6. The van der Waals surface area contributed by atoms with Crippen LogP contribution in [-0.4, -0.2) is 37.1 Å². The van der Waals surface area contributed by atoms with Crippen LogP contribution in [0.1, 0.15) is 10.5 Å². The molecule has 7 heteroatoms. The number of amides is 1. The molecule has 3 aromatic rings. The Hall–Kier alpha value is -3.61. The maximum Gasteiger partial charge on any atom is 0.276 e. The van der Waals surface area contributed by atoms with Crippen molar-refractivity contribution in [1.82, 2.24) is 9.97 Å². The molecule has 0 atom stereocenters. The summed E-state index contributed by atoms with van der Waals surface area (Å²) in [6.45, 7) is 0. The summed E-state index contributed by atoms with van der Waals surface area (Å²) in [5, 5.41) is 3.07. The van der Waals surface area contributed by atoms with Gasteiger partial charge in [-0.2, -0.15) is 0 Å². The van der Waals surface area contributed by atoms with Gasteiger partial charge in [-0.1, -0.05) is 18.2 Å². The summed E-state index contributed by atoms with van der Waals surface area (Å²) in [5.41, 5.74) is 1.70. The van der Waals surface area contributed by atoms with Gasteiger partial charge in [0.15, 0.2) is 0 Å². The Balaban J connectivity index is 1.85. The van der Waals surface area contributed by atoms with E-state index >= 15 is 0 Å². The van der Waals surface area contributed by atoms with Crippen LogP contribution in [0.25, 0.3) is 0 Å². The van der Waals surface area contributed by atoms with Crippen molar-refractivity contribution in [2.45, 2.75) is 0 Å². The highest BCUT2D eigenvalue weighted by Gasteiger charge is 2.16. The Labute approximate surface area is 157 Å². The first-order valence-electron chi connectivity index (χ1n) is 8.27. The smallest absolute Gasteiger partial charge is 0.276 e. The molecule has 0 aliphatic carbocycles. The van der Waals surface area contributed by atoms with E-state index < -0.39 is 0 Å². The molecule has 3 rings (SSSR count). The van der Waals surface area contributed by atoms with Gasteiger partial charge in [0.1, 0.15) is 17.2 Å². The lowest BCUT2D eigenvalue weighted by Gasteiger charge is -2.17. The maximum absolute atomic E-state index is 12.7. The largest absolute Gasteiger partial charge is 0.497 e. The van der Waals surface area contributed by atoms with Crippen molar-refractivity contribution in [3.63, 3.8) is 0 Å². The highest BCUT2D eigenvalue weighted by molar-refractivity contribution is 6.04. The number of carbonyl (C=O) groups excluding carboxylic acids is 1. The average Bonchev–Trinajstić information content (AvgIpc) is 2.73. The molecule has 0 aliphatic rings. The lowest BCUT2D eigenvalue weighted by atomic mass is 10.2. The summed E-state index contributed by atoms with van der Waals surface area (Å²) in [6, 6.07) is 16.3. The zero-order valence-corrected chi connectivity index (χ0v) is 15.3. The van der Waals surface area contributed by atoms with Gasteiger partial charge in [-0.15, -0.1) is 0 Å². The van der Waals surface area contributed by atoms with Gasteiger partial charge in [0, 0.05) is 25.0 Å². The molecular weight excluding hydrogens is 344 g/mol. The number of aromatic nitrogens is 2. The first kappa shape index (κ1) is 18.2. The minimum atomic E-state index is -0.232. The zero-order chi connectivity index (χ0) is 19.2. The number of benzene rings is 2. The molecule has 1 heterocycles. The van der Waals surface area contributed by atoms with Crippen LogP contribution in [0.4, 0.5) is 17.3 Å². The van der Waals surface area contributed by atoms with Crippen LogP contribution >= 0.6 is 0 Å². The van der Waals surface area contributed by atoms with Gasteiger partial charge in [0.05, 0.1) is 19.9 Å². The van der Waals surface area contributed by atoms with E-state index in [0.717, 1.165) is 5.69 Å². The van der Waals surface area contributed by atoms with Gasteiger partial charge in [-0.25, -0.2) is 9.97 Å². The third-order valence-electron chi connectivity index (χ3n) is 3.98. The number of methoxy groups -OCH3 is 2. The van der Waals surface area contributed by atoms with E-state index in [1.54, 1.807) is 45.5 Å². The molecular formula is C20H20N4O3. The van der Waals surface area contributed by atoms with E-state index in [2.05, 4.69) is 15.3 Å². The molecule has 0 bridgehead atoms. The van der Waals surface area contributed by atoms with Crippen molar-refractivity contribution >= 4 is 23.2 Å². The highest BCUT2D eigenvalue weighted by Crippen LogP contribution is 2.30. The number of hydrogen-bond donors (Lipinski definition) is 1. The number of para-hydroxylation sites is 1. The van der Waals surface area contributed by atoms with Crippen molar-refractivity contribution in [3.05, 3.63) is 66.5 Å². The molecule has 1 aromatic heterocycles. The van der Waals surface area contributed by atoms with Gasteiger partial charge in [0.25, 0.3) is 5.91 Å². The number of rotatable bonds is 6. The van der Waals surface area contributed by atoms with Crippen LogP contribution in [0.5, 0.6) is 11.5 Å². The SMILES string of the molecule is COc1ccc(OC)c(Nc2nccc(C(=O)N(C)c3ccccc3)n2)c1. The molecule has 0 unspecified atom stereocenters. The van der Waals surface area contributed by atoms with Gasteiger partial charge < -0.3 is 19.7 Å². The van der Waals surface area contributed by atoms with Crippen molar-refractivity contribution in [2.75, 3.05) is 31.5 Å². The van der Waals surface area contributed by atoms with E-state index in [4.69, 9.17) is 9.47 Å². The van der Waals surface area contributed by atoms with Crippen molar-refractivity contribution in [2.24, 2.45) is 0 Å². The Kier molecular flexibility index (Phi) is 5.51. The van der Waals surface area contributed by atoms with Gasteiger partial charge >= 0.3 is 0 Å². The fraction of sp³-hybridized carbons (Fsp3) is 0.150. The Morgan fingerprint density at radius 1 is 1.04 bits per heavy atom. The molecule has 7 nitrogen and oxygen atoms in total. The number of carbonyl (C=O) groups is 1. The monoisotopic (exact) mass is 364 g/mol. The fourth-order valence-electron chi connectivity index (χ4n) is 2.51. The third-order valence-corrected chi connectivity index (χ3v) is 3.98. The second-order valence-electron chi connectivity index (χ2n) is 5.66. The van der Waals surface area contributed by atoms with Crippen LogP contribution in [0, 0.1) is 0 Å². The third kappa shape index (κ3) is 4.14. The molecule has 1 N–H and O–H groups in total. The lowest BCUT2D eigenvalue weighted by molar-refractivity contribution is 0.0988. The van der Waals surface area contributed by atoms with Gasteiger partial charge in [0.2, 0.25) is 5.95 Å². The van der Waals surface area contributed by atoms with E-state index in [9.17, 15) is 4.79 Å². The van der Waals surface area contributed by atoms with Crippen LogP contribution in [-0.2, 0) is 0 Å². The number of nitrogens with zero attached hydrogens (tertiary/aromatic N) is 3. The first-order valence-corrected chi connectivity index (χ1v) is 8.27. The van der Waals surface area contributed by atoms with E-state index in [-0.39, 0.29) is 17.5 Å². The van der Waals surface area contributed by atoms with Crippen LogP contribution in [0.15, 0.2) is 60.8 Å². The minimum absolute atomic E-state index is 0.232. The second-order valence-corrected chi connectivity index (χ2v) is 5.66. The standard InChI is InChI=1S/C20H20N4O3/c1-24(14-7-5-4-6-8-14)19(25)16-11-12-21-20(22-16)23-17-13-15(26-2)9-10-18(17)27-3/h4-13H,1-3H3,(H,21,22,23).